The first-order valence-corrected chi connectivity index (χ1v) is 14.7. The van der Waals surface area contributed by atoms with E-state index in [1.807, 2.05) is 11.0 Å². The van der Waals surface area contributed by atoms with Gasteiger partial charge in [0.05, 0.1) is 44.8 Å². The molecule has 2 fully saturated rings. The molecule has 224 valence electrons. The van der Waals surface area contributed by atoms with Gasteiger partial charge in [-0.2, -0.15) is 4.98 Å². The highest BCUT2D eigenvalue weighted by Gasteiger charge is 2.47. The molecule has 13 heteroatoms. The molecule has 1 saturated heterocycles. The number of benzene rings is 1. The van der Waals surface area contributed by atoms with Crippen molar-refractivity contribution in [3.8, 4) is 5.75 Å². The fourth-order valence-electron chi connectivity index (χ4n) is 6.40. The van der Waals surface area contributed by atoms with E-state index in [2.05, 4.69) is 43.7 Å². The number of nitrogens with zero attached hydrogens (tertiary/aromatic N) is 4. The second-order valence-electron chi connectivity index (χ2n) is 11.1. The fraction of sp³-hybridized carbons (Fsp3) is 0.517. The molecule has 0 spiro atoms. The monoisotopic (exact) mass is 597 g/mol. The first kappa shape index (κ1) is 28.5. The normalized spacial score (nSPS) is 25.0. The molecule has 4 atom stereocenters. The third kappa shape index (κ3) is 6.11. The molecule has 12 nitrogen and oxygen atoms in total. The van der Waals surface area contributed by atoms with E-state index < -0.39 is 12.2 Å². The number of anilines is 3. The molecule has 42 heavy (non-hydrogen) atoms. The van der Waals surface area contributed by atoms with Crippen molar-refractivity contribution in [1.29, 1.82) is 0 Å². The van der Waals surface area contributed by atoms with Crippen molar-refractivity contribution in [1.82, 2.24) is 19.8 Å². The predicted octanol–water partition coefficient (Wildman–Crippen LogP) is 2.59. The SMILES string of the molecule is COc1cc2c(cc1Nc1ncc(Cl)c(N[C@H]3[C@@H](OC(N)=O)[C@@H]4C=C[C@H]3C4)n1)CCN(CC(=O)N1CCOCC1)CC2. The van der Waals surface area contributed by atoms with Crippen molar-refractivity contribution in [3.05, 3.63) is 46.6 Å². The molecular formula is C29H36ClN7O5. The number of aromatic nitrogens is 2. The van der Waals surface area contributed by atoms with Gasteiger partial charge >= 0.3 is 6.09 Å². The lowest BCUT2D eigenvalue weighted by molar-refractivity contribution is -0.136. The Morgan fingerprint density at radius 1 is 1.12 bits per heavy atom. The van der Waals surface area contributed by atoms with E-state index in [9.17, 15) is 9.59 Å². The van der Waals surface area contributed by atoms with Crippen LogP contribution in [0.2, 0.25) is 5.02 Å². The maximum atomic E-state index is 12.8. The van der Waals surface area contributed by atoms with Crippen LogP contribution in [0.3, 0.4) is 0 Å². The smallest absolute Gasteiger partial charge is 0.404 e. The molecule has 0 unspecified atom stereocenters. The molecule has 6 rings (SSSR count). The number of rotatable bonds is 8. The summed E-state index contributed by atoms with van der Waals surface area (Å²) < 4.78 is 16.5. The summed E-state index contributed by atoms with van der Waals surface area (Å²) in [5.41, 5.74) is 8.46. The first-order chi connectivity index (χ1) is 20.4. The first-order valence-electron chi connectivity index (χ1n) is 14.4. The van der Waals surface area contributed by atoms with Gasteiger partial charge in [0, 0.05) is 38.0 Å². The summed E-state index contributed by atoms with van der Waals surface area (Å²) in [6.07, 6.45) is 7.02. The number of primary amides is 1. The lowest BCUT2D eigenvalue weighted by Crippen LogP contribution is -2.46. The zero-order chi connectivity index (χ0) is 29.2. The van der Waals surface area contributed by atoms with E-state index in [4.69, 9.17) is 31.5 Å². The van der Waals surface area contributed by atoms with Crippen molar-refractivity contribution >= 4 is 41.1 Å². The Morgan fingerprint density at radius 2 is 1.86 bits per heavy atom. The third-order valence-corrected chi connectivity index (χ3v) is 8.85. The van der Waals surface area contributed by atoms with E-state index in [0.717, 1.165) is 38.0 Å². The minimum absolute atomic E-state index is 0.107. The van der Waals surface area contributed by atoms with Gasteiger partial charge in [-0.15, -0.1) is 0 Å². The Labute approximate surface area is 249 Å². The Bertz CT molecular complexity index is 1370. The zero-order valence-electron chi connectivity index (χ0n) is 23.6. The molecule has 3 heterocycles. The molecule has 1 saturated carbocycles. The lowest BCUT2D eigenvalue weighted by atomic mass is 9.98. The van der Waals surface area contributed by atoms with E-state index in [1.54, 1.807) is 7.11 Å². The van der Waals surface area contributed by atoms with E-state index in [-0.39, 0.29) is 23.8 Å². The highest BCUT2D eigenvalue weighted by Crippen LogP contribution is 2.43. The Morgan fingerprint density at radius 3 is 2.60 bits per heavy atom. The summed E-state index contributed by atoms with van der Waals surface area (Å²) in [7, 11) is 1.63. The van der Waals surface area contributed by atoms with Crippen molar-refractivity contribution < 1.29 is 23.8 Å². The van der Waals surface area contributed by atoms with Gasteiger partial charge in [0.1, 0.15) is 16.9 Å². The van der Waals surface area contributed by atoms with Crippen molar-refractivity contribution in [2.24, 2.45) is 17.6 Å². The molecule has 4 N–H and O–H groups in total. The summed E-state index contributed by atoms with van der Waals surface area (Å²) in [6.45, 7) is 4.51. The quantitative estimate of drug-likeness (QED) is 0.388. The van der Waals surface area contributed by atoms with E-state index in [1.165, 1.54) is 17.3 Å². The van der Waals surface area contributed by atoms with Crippen LogP contribution in [-0.4, -0.2) is 97.0 Å². The van der Waals surface area contributed by atoms with Crippen LogP contribution in [0.5, 0.6) is 5.75 Å². The standard InChI is InChI=1S/C29H36ClN7O5/c1-40-23-14-18-5-7-36(16-24(38)37-8-10-41-11-9-37)6-4-17(18)13-22(23)33-29-32-15-21(30)27(35-29)34-25-19-2-3-20(12-19)26(25)42-28(31)39/h2-3,13-15,19-20,25-26H,4-12,16H2,1H3,(H2,31,39)(H2,32,33,34,35)/t19-,20+,25+,26-/m0/s1. The Balaban J connectivity index is 1.15. The van der Waals surface area contributed by atoms with Crippen molar-refractivity contribution in [3.63, 3.8) is 0 Å². The molecule has 1 aromatic heterocycles. The second kappa shape index (κ2) is 12.3. The van der Waals surface area contributed by atoms with Crippen LogP contribution in [0.15, 0.2) is 30.5 Å². The minimum atomic E-state index is -0.800. The summed E-state index contributed by atoms with van der Waals surface area (Å²) in [5, 5.41) is 7.02. The molecular weight excluding hydrogens is 562 g/mol. The second-order valence-corrected chi connectivity index (χ2v) is 11.5. The highest BCUT2D eigenvalue weighted by molar-refractivity contribution is 6.32. The molecule has 4 aliphatic rings. The number of carbonyl (C=O) groups is 2. The summed E-state index contributed by atoms with van der Waals surface area (Å²) in [5.74, 6) is 1.89. The maximum Gasteiger partial charge on any atom is 0.404 e. The molecule has 2 amide bonds. The average Bonchev–Trinajstić information content (AvgIpc) is 3.53. The zero-order valence-corrected chi connectivity index (χ0v) is 24.3. The van der Waals surface area contributed by atoms with Crippen LogP contribution in [0.25, 0.3) is 0 Å². The number of hydrogen-bond donors (Lipinski definition) is 3. The van der Waals surface area contributed by atoms with Gasteiger partial charge in [0.25, 0.3) is 0 Å². The van der Waals surface area contributed by atoms with Gasteiger partial charge in [0.2, 0.25) is 11.9 Å². The minimum Gasteiger partial charge on any atom is -0.495 e. The Hall–Kier alpha value is -3.61. The largest absolute Gasteiger partial charge is 0.495 e. The van der Waals surface area contributed by atoms with Crippen LogP contribution in [-0.2, 0) is 27.1 Å². The van der Waals surface area contributed by atoms with Crippen LogP contribution >= 0.6 is 11.6 Å². The molecule has 2 bridgehead atoms. The average molecular weight is 598 g/mol. The van der Waals surface area contributed by atoms with Gasteiger partial charge in [0.15, 0.2) is 5.82 Å². The van der Waals surface area contributed by atoms with Crippen LogP contribution < -0.4 is 21.1 Å². The third-order valence-electron chi connectivity index (χ3n) is 8.57. The molecule has 1 aromatic carbocycles. The maximum absolute atomic E-state index is 12.8. The Kier molecular flexibility index (Phi) is 8.36. The summed E-state index contributed by atoms with van der Waals surface area (Å²) in [6, 6.07) is 3.92. The molecule has 0 radical (unpaired) electrons. The van der Waals surface area contributed by atoms with Gasteiger partial charge in [-0.1, -0.05) is 23.8 Å². The van der Waals surface area contributed by atoms with Gasteiger partial charge in [-0.05, 0) is 42.5 Å². The predicted molar refractivity (Wildman–Crippen MR) is 157 cm³/mol. The van der Waals surface area contributed by atoms with Gasteiger partial charge < -0.3 is 35.5 Å². The molecule has 2 aliphatic heterocycles. The number of hydrogen-bond acceptors (Lipinski definition) is 10. The number of morpholine rings is 1. The number of ether oxygens (including phenoxy) is 3. The number of carbonyl (C=O) groups excluding carboxylic acids is 2. The number of halogens is 1. The fourth-order valence-corrected chi connectivity index (χ4v) is 6.54. The molecule has 2 aliphatic carbocycles. The molecule has 2 aromatic rings. The lowest BCUT2D eigenvalue weighted by Gasteiger charge is -2.29. The van der Waals surface area contributed by atoms with Crippen LogP contribution in [0, 0.1) is 11.8 Å². The number of nitrogens with one attached hydrogen (secondary N) is 2. The van der Waals surface area contributed by atoms with E-state index >= 15 is 0 Å². The number of fused-ring (bicyclic) bond motifs is 3. The topological polar surface area (TPSA) is 144 Å². The van der Waals surface area contributed by atoms with E-state index in [0.29, 0.717) is 55.4 Å². The van der Waals surface area contributed by atoms with Crippen LogP contribution in [0.4, 0.5) is 22.2 Å². The van der Waals surface area contributed by atoms with Crippen molar-refractivity contribution in [2.75, 3.05) is 63.7 Å². The summed E-state index contributed by atoms with van der Waals surface area (Å²) >= 11 is 6.48. The number of nitrogens with two attached hydrogens (primary N) is 1. The van der Waals surface area contributed by atoms with Gasteiger partial charge in [-0.3, -0.25) is 9.69 Å². The highest BCUT2D eigenvalue weighted by atomic mass is 35.5. The summed E-state index contributed by atoms with van der Waals surface area (Å²) in [4.78, 5) is 37.5. The van der Waals surface area contributed by atoms with Crippen LogP contribution in [0.1, 0.15) is 17.5 Å². The van der Waals surface area contributed by atoms with Gasteiger partial charge in [-0.25, -0.2) is 9.78 Å². The number of amides is 2. The number of methoxy groups -OCH3 is 1. The van der Waals surface area contributed by atoms with Crippen molar-refractivity contribution in [2.45, 2.75) is 31.4 Å².